The smallest absolute Gasteiger partial charge is 0.315 e. The Balaban J connectivity index is 1.80. The normalized spacial score (nSPS) is 16.1. The number of rotatable bonds is 3. The number of benzene rings is 1. The predicted molar refractivity (Wildman–Crippen MR) is 74.4 cm³/mol. The average Bonchev–Trinajstić information content (AvgIpc) is 2.85. The van der Waals surface area contributed by atoms with E-state index < -0.39 is 0 Å². The van der Waals surface area contributed by atoms with Gasteiger partial charge in [-0.3, -0.25) is 0 Å². The molecule has 1 aromatic carbocycles. The topological polar surface area (TPSA) is 41.1 Å². The van der Waals surface area contributed by atoms with Crippen molar-refractivity contribution in [1.29, 1.82) is 0 Å². The third kappa shape index (κ3) is 3.62. The highest BCUT2D eigenvalue weighted by Gasteiger charge is 2.11. The third-order valence-corrected chi connectivity index (χ3v) is 3.38. The lowest BCUT2D eigenvalue weighted by Crippen LogP contribution is -2.24. The van der Waals surface area contributed by atoms with Gasteiger partial charge in [0.05, 0.1) is 0 Å². The molecule has 96 valence electrons. The lowest BCUT2D eigenvalue weighted by Gasteiger charge is -2.07. The summed E-state index contributed by atoms with van der Waals surface area (Å²) < 4.78 is 0. The van der Waals surface area contributed by atoms with Crippen LogP contribution in [0.15, 0.2) is 36.5 Å². The van der Waals surface area contributed by atoms with Crippen molar-refractivity contribution in [1.82, 2.24) is 5.32 Å². The molecular formula is C15H20N2O. The lowest BCUT2D eigenvalue weighted by molar-refractivity contribution is 0.255. The molecule has 0 heterocycles. The molecule has 0 saturated heterocycles. The van der Waals surface area contributed by atoms with Crippen LogP contribution in [0.1, 0.15) is 31.2 Å². The van der Waals surface area contributed by atoms with Crippen LogP contribution in [0.2, 0.25) is 0 Å². The summed E-state index contributed by atoms with van der Waals surface area (Å²) in [6.45, 7) is 1.98. The van der Waals surface area contributed by atoms with Gasteiger partial charge >= 0.3 is 6.03 Å². The van der Waals surface area contributed by atoms with Crippen molar-refractivity contribution in [3.05, 3.63) is 42.1 Å². The van der Waals surface area contributed by atoms with Crippen LogP contribution < -0.4 is 10.6 Å². The number of para-hydroxylation sites is 1. The number of anilines is 1. The number of hydrogen-bond donors (Lipinski definition) is 2. The zero-order valence-electron chi connectivity index (χ0n) is 10.8. The Morgan fingerprint density at radius 2 is 2.00 bits per heavy atom. The molecular weight excluding hydrogens is 224 g/mol. The van der Waals surface area contributed by atoms with Crippen LogP contribution in [0, 0.1) is 12.8 Å². The zero-order valence-corrected chi connectivity index (χ0v) is 10.8. The molecule has 1 fully saturated rings. The third-order valence-electron chi connectivity index (χ3n) is 3.38. The number of aryl methyl sites for hydroxylation is 1. The molecule has 1 aliphatic rings. The Bertz CT molecular complexity index is 434. The van der Waals surface area contributed by atoms with Gasteiger partial charge in [0, 0.05) is 11.9 Å². The molecule has 0 aliphatic heterocycles. The first kappa shape index (κ1) is 12.7. The SMILES string of the molecule is Cc1ccccc1NC(=O)N/C=C/C1CCCC1. The van der Waals surface area contributed by atoms with Crippen LogP contribution in [0.5, 0.6) is 0 Å². The molecule has 0 bridgehead atoms. The van der Waals surface area contributed by atoms with Gasteiger partial charge in [-0.05, 0) is 37.3 Å². The second-order valence-corrected chi connectivity index (χ2v) is 4.82. The Labute approximate surface area is 108 Å². The van der Waals surface area contributed by atoms with E-state index in [2.05, 4.69) is 16.7 Å². The number of amides is 2. The van der Waals surface area contributed by atoms with Gasteiger partial charge in [-0.2, -0.15) is 0 Å². The zero-order chi connectivity index (χ0) is 12.8. The highest BCUT2D eigenvalue weighted by atomic mass is 16.2. The van der Waals surface area contributed by atoms with Crippen molar-refractivity contribution in [3.63, 3.8) is 0 Å². The van der Waals surface area contributed by atoms with Gasteiger partial charge in [-0.1, -0.05) is 37.1 Å². The summed E-state index contributed by atoms with van der Waals surface area (Å²) in [5.74, 6) is 0.642. The number of carbonyl (C=O) groups excluding carboxylic acids is 1. The number of nitrogens with one attached hydrogen (secondary N) is 2. The Kier molecular flexibility index (Phi) is 4.40. The van der Waals surface area contributed by atoms with E-state index in [1.54, 1.807) is 6.20 Å². The van der Waals surface area contributed by atoms with Gasteiger partial charge in [0.25, 0.3) is 0 Å². The van der Waals surface area contributed by atoms with E-state index in [0.29, 0.717) is 5.92 Å². The van der Waals surface area contributed by atoms with Crippen molar-refractivity contribution >= 4 is 11.7 Å². The summed E-state index contributed by atoms with van der Waals surface area (Å²) in [5.41, 5.74) is 1.91. The minimum atomic E-state index is -0.182. The standard InChI is InChI=1S/C15H20N2O/c1-12-6-2-5-9-14(12)17-15(18)16-11-10-13-7-3-4-8-13/h2,5-6,9-11,13H,3-4,7-8H2,1H3,(H2,16,17,18)/b11-10+. The predicted octanol–water partition coefficient (Wildman–Crippen LogP) is 3.82. The Morgan fingerprint density at radius 1 is 1.28 bits per heavy atom. The van der Waals surface area contributed by atoms with Crippen molar-refractivity contribution in [2.45, 2.75) is 32.6 Å². The highest BCUT2D eigenvalue weighted by Crippen LogP contribution is 2.25. The fourth-order valence-electron chi connectivity index (χ4n) is 2.28. The van der Waals surface area contributed by atoms with Gasteiger partial charge in [0.1, 0.15) is 0 Å². The Morgan fingerprint density at radius 3 is 2.72 bits per heavy atom. The Hall–Kier alpha value is -1.77. The van der Waals surface area contributed by atoms with Crippen LogP contribution in [-0.2, 0) is 0 Å². The first-order valence-electron chi connectivity index (χ1n) is 6.55. The number of urea groups is 1. The van der Waals surface area contributed by atoms with Gasteiger partial charge in [0.15, 0.2) is 0 Å². The maximum atomic E-state index is 11.7. The summed E-state index contributed by atoms with van der Waals surface area (Å²) >= 11 is 0. The molecule has 2 N–H and O–H groups in total. The van der Waals surface area contributed by atoms with Crippen molar-refractivity contribution in [3.8, 4) is 0 Å². The summed E-state index contributed by atoms with van der Waals surface area (Å²) in [7, 11) is 0. The van der Waals surface area contributed by atoms with Gasteiger partial charge < -0.3 is 10.6 Å². The van der Waals surface area contributed by atoms with Crippen LogP contribution in [0.3, 0.4) is 0 Å². The van der Waals surface area contributed by atoms with Crippen molar-refractivity contribution in [2.75, 3.05) is 5.32 Å². The quantitative estimate of drug-likeness (QED) is 0.833. The maximum absolute atomic E-state index is 11.7. The van der Waals surface area contributed by atoms with Crippen molar-refractivity contribution in [2.24, 2.45) is 5.92 Å². The monoisotopic (exact) mass is 244 g/mol. The van der Waals surface area contributed by atoms with Gasteiger partial charge in [0.2, 0.25) is 0 Å². The van der Waals surface area contributed by atoms with Crippen LogP contribution >= 0.6 is 0 Å². The minimum Gasteiger partial charge on any atom is -0.315 e. The fourth-order valence-corrected chi connectivity index (χ4v) is 2.28. The molecule has 1 saturated carbocycles. The average molecular weight is 244 g/mol. The van der Waals surface area contributed by atoms with Gasteiger partial charge in [-0.15, -0.1) is 0 Å². The number of hydrogen-bond acceptors (Lipinski definition) is 1. The second-order valence-electron chi connectivity index (χ2n) is 4.82. The fraction of sp³-hybridized carbons (Fsp3) is 0.400. The number of carbonyl (C=O) groups is 1. The molecule has 1 aliphatic carbocycles. The summed E-state index contributed by atoms with van der Waals surface area (Å²) in [5, 5.41) is 5.59. The first-order chi connectivity index (χ1) is 8.75. The van der Waals surface area contributed by atoms with E-state index in [1.165, 1.54) is 25.7 Å². The van der Waals surface area contributed by atoms with Gasteiger partial charge in [-0.25, -0.2) is 4.79 Å². The molecule has 1 aromatic rings. The largest absolute Gasteiger partial charge is 0.323 e. The molecule has 2 rings (SSSR count). The van der Waals surface area contributed by atoms with E-state index in [-0.39, 0.29) is 6.03 Å². The molecule has 3 heteroatoms. The molecule has 18 heavy (non-hydrogen) atoms. The molecule has 0 spiro atoms. The van der Waals surface area contributed by atoms with E-state index in [4.69, 9.17) is 0 Å². The second kappa shape index (κ2) is 6.24. The number of allylic oxidation sites excluding steroid dienone is 1. The molecule has 0 aromatic heterocycles. The lowest BCUT2D eigenvalue weighted by atomic mass is 10.1. The minimum absolute atomic E-state index is 0.182. The molecule has 3 nitrogen and oxygen atoms in total. The van der Waals surface area contributed by atoms with Crippen LogP contribution in [0.25, 0.3) is 0 Å². The van der Waals surface area contributed by atoms with Crippen molar-refractivity contribution < 1.29 is 4.79 Å². The highest BCUT2D eigenvalue weighted by molar-refractivity contribution is 5.90. The van der Waals surface area contributed by atoms with E-state index in [1.807, 2.05) is 31.2 Å². The first-order valence-corrected chi connectivity index (χ1v) is 6.55. The summed E-state index contributed by atoms with van der Waals surface area (Å²) in [4.78, 5) is 11.7. The molecule has 0 atom stereocenters. The van der Waals surface area contributed by atoms with Crippen LogP contribution in [-0.4, -0.2) is 6.03 Å². The summed E-state index contributed by atoms with van der Waals surface area (Å²) in [6, 6.07) is 7.56. The molecule has 0 radical (unpaired) electrons. The van der Waals surface area contributed by atoms with E-state index >= 15 is 0 Å². The van der Waals surface area contributed by atoms with E-state index in [0.717, 1.165) is 11.3 Å². The molecule has 2 amide bonds. The maximum Gasteiger partial charge on any atom is 0.323 e. The summed E-state index contributed by atoms with van der Waals surface area (Å²) in [6.07, 6.45) is 8.98. The molecule has 0 unspecified atom stereocenters. The van der Waals surface area contributed by atoms with Crippen LogP contribution in [0.4, 0.5) is 10.5 Å². The van der Waals surface area contributed by atoms with E-state index in [9.17, 15) is 4.79 Å².